The smallest absolute Gasteiger partial charge is 0.344 e. The van der Waals surface area contributed by atoms with Gasteiger partial charge in [-0.15, -0.1) is 0 Å². The first-order valence-corrected chi connectivity index (χ1v) is 11.6. The highest BCUT2D eigenvalue weighted by atomic mass is 35.5. The number of hydrogen-bond acceptors (Lipinski definition) is 6. The molecule has 0 amide bonds. The highest BCUT2D eigenvalue weighted by molar-refractivity contribution is 7.89. The van der Waals surface area contributed by atoms with E-state index >= 15 is 0 Å². The predicted octanol–water partition coefficient (Wildman–Crippen LogP) is 3.80. The molecule has 0 bridgehead atoms. The Balaban J connectivity index is 2.04. The molecular formula is C19H25Cl2NO6S. The third-order valence-electron chi connectivity index (χ3n) is 5.11. The van der Waals surface area contributed by atoms with Gasteiger partial charge in [0.25, 0.3) is 0 Å². The third-order valence-corrected chi connectivity index (χ3v) is 6.80. The van der Waals surface area contributed by atoms with Crippen molar-refractivity contribution in [2.45, 2.75) is 51.0 Å². The molecule has 162 valence electrons. The minimum absolute atomic E-state index is 0.123. The Labute approximate surface area is 180 Å². The molecule has 3 unspecified atom stereocenters. The molecule has 2 N–H and O–H groups in total. The predicted molar refractivity (Wildman–Crippen MR) is 109 cm³/mol. The first-order chi connectivity index (χ1) is 13.4. The maximum Gasteiger partial charge on any atom is 0.344 e. The topological polar surface area (TPSA) is 113 Å². The zero-order chi connectivity index (χ0) is 21.9. The van der Waals surface area contributed by atoms with Crippen molar-refractivity contribution in [1.29, 1.82) is 0 Å². The molecule has 0 radical (unpaired) electrons. The summed E-state index contributed by atoms with van der Waals surface area (Å²) in [5.74, 6) is -0.568. The zero-order valence-electron chi connectivity index (χ0n) is 16.5. The molecule has 29 heavy (non-hydrogen) atoms. The van der Waals surface area contributed by atoms with Gasteiger partial charge in [0, 0.05) is 0 Å². The Hall–Kier alpha value is -1.35. The number of primary sulfonamides is 1. The number of hydrogen-bond donors (Lipinski definition) is 1. The van der Waals surface area contributed by atoms with Crippen molar-refractivity contribution in [2.24, 2.45) is 22.9 Å². The lowest BCUT2D eigenvalue weighted by molar-refractivity contribution is -0.159. The van der Waals surface area contributed by atoms with Crippen LogP contribution in [0, 0.1) is 17.8 Å². The monoisotopic (exact) mass is 465 g/mol. The van der Waals surface area contributed by atoms with Gasteiger partial charge in [0.2, 0.25) is 10.0 Å². The van der Waals surface area contributed by atoms with Crippen molar-refractivity contribution in [3.63, 3.8) is 0 Å². The highest BCUT2D eigenvalue weighted by Crippen LogP contribution is 2.35. The van der Waals surface area contributed by atoms with Crippen LogP contribution < -0.4 is 5.14 Å². The third kappa shape index (κ3) is 6.31. The Morgan fingerprint density at radius 2 is 1.86 bits per heavy atom. The number of sulfonamides is 1. The van der Waals surface area contributed by atoms with E-state index in [4.69, 9.17) is 37.8 Å². The molecule has 3 atom stereocenters. The number of benzene rings is 1. The average Bonchev–Trinajstić information content (AvgIpc) is 2.58. The molecular weight excluding hydrogens is 441 g/mol. The van der Waals surface area contributed by atoms with Crippen LogP contribution in [0.4, 0.5) is 0 Å². The van der Waals surface area contributed by atoms with Gasteiger partial charge in [-0.25, -0.2) is 23.1 Å². The van der Waals surface area contributed by atoms with Crippen molar-refractivity contribution in [2.75, 3.05) is 6.61 Å². The van der Waals surface area contributed by atoms with Crippen molar-refractivity contribution in [3.05, 3.63) is 27.7 Å². The molecule has 0 aliphatic heterocycles. The van der Waals surface area contributed by atoms with Crippen molar-refractivity contribution in [3.8, 4) is 0 Å². The summed E-state index contributed by atoms with van der Waals surface area (Å²) in [7, 11) is -4.17. The number of nitrogens with two attached hydrogens (primary N) is 1. The van der Waals surface area contributed by atoms with Crippen LogP contribution in [0.5, 0.6) is 0 Å². The van der Waals surface area contributed by atoms with E-state index in [0.29, 0.717) is 11.8 Å². The summed E-state index contributed by atoms with van der Waals surface area (Å²) in [5.41, 5.74) is -0.265. The van der Waals surface area contributed by atoms with Crippen molar-refractivity contribution in [1.82, 2.24) is 0 Å². The van der Waals surface area contributed by atoms with E-state index < -0.39 is 33.5 Å². The number of esters is 2. The van der Waals surface area contributed by atoms with Gasteiger partial charge in [0.15, 0.2) is 6.61 Å². The first kappa shape index (κ1) is 23.9. The molecule has 1 saturated carbocycles. The summed E-state index contributed by atoms with van der Waals surface area (Å²) in [4.78, 5) is 24.0. The fraction of sp³-hybridized carbons (Fsp3) is 0.579. The second-order valence-electron chi connectivity index (χ2n) is 7.74. The molecule has 0 aromatic heterocycles. The molecule has 0 saturated heterocycles. The molecule has 1 aliphatic rings. The van der Waals surface area contributed by atoms with Gasteiger partial charge in [0.1, 0.15) is 11.0 Å². The Kier molecular flexibility index (Phi) is 7.95. The molecule has 2 rings (SSSR count). The standard InChI is InChI=1S/C19H25Cl2NO6S/c1-10(2)12-5-4-11(3)6-16(12)28-18(23)9-27-19(24)13-7-17(29(22,25)26)15(21)8-14(13)20/h7-8,10-12,16H,4-6,9H2,1-3H3,(H2,22,25,26). The van der Waals surface area contributed by atoms with Gasteiger partial charge in [-0.05, 0) is 42.7 Å². The van der Waals surface area contributed by atoms with Crippen LogP contribution in [-0.2, 0) is 24.3 Å². The normalized spacial score (nSPS) is 22.4. The largest absolute Gasteiger partial charge is 0.460 e. The van der Waals surface area contributed by atoms with E-state index in [1.54, 1.807) is 0 Å². The van der Waals surface area contributed by atoms with Crippen LogP contribution in [0.2, 0.25) is 10.0 Å². The lowest BCUT2D eigenvalue weighted by Crippen LogP contribution is -2.36. The fourth-order valence-electron chi connectivity index (χ4n) is 3.56. The van der Waals surface area contributed by atoms with Gasteiger partial charge in [0.05, 0.1) is 15.6 Å². The van der Waals surface area contributed by atoms with E-state index in [9.17, 15) is 18.0 Å². The number of halogens is 2. The van der Waals surface area contributed by atoms with Crippen LogP contribution in [-0.4, -0.2) is 33.1 Å². The van der Waals surface area contributed by atoms with Gasteiger partial charge < -0.3 is 9.47 Å². The van der Waals surface area contributed by atoms with E-state index in [1.165, 1.54) is 0 Å². The minimum atomic E-state index is -4.17. The molecule has 7 nitrogen and oxygen atoms in total. The Bertz CT molecular complexity index is 887. The number of rotatable bonds is 6. The molecule has 10 heteroatoms. The lowest BCUT2D eigenvalue weighted by Gasteiger charge is -2.36. The van der Waals surface area contributed by atoms with E-state index in [0.717, 1.165) is 31.4 Å². The second kappa shape index (κ2) is 9.64. The summed E-state index contributed by atoms with van der Waals surface area (Å²) in [6.45, 7) is 5.68. The summed E-state index contributed by atoms with van der Waals surface area (Å²) in [6, 6.07) is 2.00. The van der Waals surface area contributed by atoms with E-state index in [1.807, 2.05) is 0 Å². The summed E-state index contributed by atoms with van der Waals surface area (Å²) in [5, 5.41) is 4.72. The Morgan fingerprint density at radius 1 is 1.21 bits per heavy atom. The zero-order valence-corrected chi connectivity index (χ0v) is 18.8. The van der Waals surface area contributed by atoms with Gasteiger partial charge >= 0.3 is 11.9 Å². The molecule has 1 aromatic carbocycles. The minimum Gasteiger partial charge on any atom is -0.460 e. The summed E-state index contributed by atoms with van der Waals surface area (Å²) in [6.07, 6.45) is 2.61. The van der Waals surface area contributed by atoms with Crippen LogP contribution in [0.25, 0.3) is 0 Å². The first-order valence-electron chi connectivity index (χ1n) is 9.28. The van der Waals surface area contributed by atoms with E-state index in [2.05, 4.69) is 20.8 Å². The number of ether oxygens (including phenoxy) is 2. The lowest BCUT2D eigenvalue weighted by atomic mass is 9.75. The SMILES string of the molecule is CC1CCC(C(C)C)C(OC(=O)COC(=O)c2cc(S(N)(=O)=O)c(Cl)cc2Cl)C1. The van der Waals surface area contributed by atoms with Gasteiger partial charge in [-0.2, -0.15) is 0 Å². The average molecular weight is 466 g/mol. The second-order valence-corrected chi connectivity index (χ2v) is 10.1. The summed E-state index contributed by atoms with van der Waals surface area (Å²) < 4.78 is 33.7. The fourth-order valence-corrected chi connectivity index (χ4v) is 4.95. The maximum absolute atomic E-state index is 12.3. The Morgan fingerprint density at radius 3 is 2.45 bits per heavy atom. The molecule has 1 aliphatic carbocycles. The molecule has 1 fully saturated rings. The highest BCUT2D eigenvalue weighted by Gasteiger charge is 2.33. The van der Waals surface area contributed by atoms with Crippen molar-refractivity contribution >= 4 is 45.2 Å². The van der Waals surface area contributed by atoms with Crippen LogP contribution in [0.3, 0.4) is 0 Å². The number of carbonyl (C=O) groups excluding carboxylic acids is 2. The molecule has 0 spiro atoms. The van der Waals surface area contributed by atoms with Crippen molar-refractivity contribution < 1.29 is 27.5 Å². The molecule has 0 heterocycles. The van der Waals surface area contributed by atoms with Crippen LogP contribution >= 0.6 is 23.2 Å². The number of carbonyl (C=O) groups is 2. The van der Waals surface area contributed by atoms with Gasteiger partial charge in [-0.3, -0.25) is 0 Å². The summed E-state index contributed by atoms with van der Waals surface area (Å²) >= 11 is 11.8. The molecule has 1 aromatic rings. The van der Waals surface area contributed by atoms with Gasteiger partial charge in [-0.1, -0.05) is 50.4 Å². The van der Waals surface area contributed by atoms with Crippen LogP contribution in [0.1, 0.15) is 50.4 Å². The van der Waals surface area contributed by atoms with Crippen LogP contribution in [0.15, 0.2) is 17.0 Å². The van der Waals surface area contributed by atoms with E-state index in [-0.39, 0.29) is 27.6 Å². The quantitative estimate of drug-likeness (QED) is 0.638. The maximum atomic E-state index is 12.3.